The van der Waals surface area contributed by atoms with E-state index in [1.807, 2.05) is 11.9 Å². The van der Waals surface area contributed by atoms with Crippen LogP contribution in [0, 0.1) is 40.4 Å². The van der Waals surface area contributed by atoms with Gasteiger partial charge >= 0.3 is 0 Å². The molecule has 4 aliphatic rings. The van der Waals surface area contributed by atoms with Gasteiger partial charge in [-0.15, -0.1) is 0 Å². The van der Waals surface area contributed by atoms with Crippen LogP contribution in [0.4, 0.5) is 0 Å². The monoisotopic (exact) mass is 336 g/mol. The molecule has 25 heavy (non-hydrogen) atoms. The molecule has 0 aliphatic heterocycles. The number of carbonyl (C=O) groups excluding carboxylic acids is 1. The maximum atomic E-state index is 13.4. The van der Waals surface area contributed by atoms with Gasteiger partial charge in [0, 0.05) is 25.3 Å². The van der Waals surface area contributed by atoms with Gasteiger partial charge in [0.05, 0.1) is 18.1 Å². The number of carbonyl (C=O) groups is 1. The van der Waals surface area contributed by atoms with E-state index in [1.165, 1.54) is 19.3 Å². The first-order valence-corrected chi connectivity index (χ1v) is 9.30. The van der Waals surface area contributed by atoms with E-state index in [-0.39, 0.29) is 11.4 Å². The summed E-state index contributed by atoms with van der Waals surface area (Å²) in [5.41, 5.74) is 1.00. The third-order valence-corrected chi connectivity index (χ3v) is 6.62. The number of hydrogen-bond acceptors (Lipinski definition) is 3. The minimum atomic E-state index is -0.0697. The van der Waals surface area contributed by atoms with Gasteiger partial charge in [0.25, 0.3) is 5.91 Å². The summed E-state index contributed by atoms with van der Waals surface area (Å²) in [6, 6.07) is 6.01. The number of aryl methyl sites for hydroxylation is 1. The number of amides is 1. The Balaban J connectivity index is 1.69. The summed E-state index contributed by atoms with van der Waals surface area (Å²) in [6.07, 6.45) is 9.30. The van der Waals surface area contributed by atoms with Gasteiger partial charge in [0.1, 0.15) is 11.8 Å². The van der Waals surface area contributed by atoms with Crippen LogP contribution in [-0.4, -0.2) is 27.5 Å². The Morgan fingerprint density at radius 2 is 1.84 bits per heavy atom. The van der Waals surface area contributed by atoms with Crippen LogP contribution in [0.5, 0.6) is 0 Å². The molecule has 0 unspecified atom stereocenters. The number of aromatic nitrogens is 1. The molecule has 1 heterocycles. The van der Waals surface area contributed by atoms with E-state index in [0.29, 0.717) is 24.2 Å². The molecule has 0 N–H and O–H groups in total. The standard InChI is InChI=1S/C20H24N4O/c1-23-13-17(12-22)8-18(23)19(25)24(4-2-3-21)20-9-14-5-15(10-20)7-16(6-14)11-20/h8,13-16H,2,4-7,9-11H2,1H3. The van der Waals surface area contributed by atoms with E-state index in [0.717, 1.165) is 37.0 Å². The first-order chi connectivity index (χ1) is 12.0. The highest BCUT2D eigenvalue weighted by atomic mass is 16.2. The third-order valence-electron chi connectivity index (χ3n) is 6.62. The molecular formula is C20H24N4O. The average molecular weight is 336 g/mol. The van der Waals surface area contributed by atoms with Crippen molar-refractivity contribution in [1.82, 2.24) is 9.47 Å². The van der Waals surface area contributed by atoms with Crippen molar-refractivity contribution in [1.29, 1.82) is 10.5 Å². The second-order valence-electron chi connectivity index (χ2n) is 8.34. The highest BCUT2D eigenvalue weighted by molar-refractivity contribution is 5.94. The molecule has 4 fully saturated rings. The zero-order valence-corrected chi connectivity index (χ0v) is 14.7. The number of nitrogens with zero attached hydrogens (tertiary/aromatic N) is 4. The Morgan fingerprint density at radius 1 is 1.24 bits per heavy atom. The second kappa shape index (κ2) is 5.92. The number of hydrogen-bond donors (Lipinski definition) is 0. The second-order valence-corrected chi connectivity index (χ2v) is 8.34. The molecule has 4 aliphatic carbocycles. The average Bonchev–Trinajstić information content (AvgIpc) is 2.94. The van der Waals surface area contributed by atoms with Crippen LogP contribution in [0.15, 0.2) is 12.3 Å². The lowest BCUT2D eigenvalue weighted by molar-refractivity contribution is -0.0743. The molecular weight excluding hydrogens is 312 g/mol. The SMILES string of the molecule is Cn1cc(C#N)cc1C(=O)N(CCC#N)C12CC3CC(CC(C3)C1)C2. The van der Waals surface area contributed by atoms with Gasteiger partial charge in [-0.2, -0.15) is 10.5 Å². The van der Waals surface area contributed by atoms with Gasteiger partial charge in [0.2, 0.25) is 0 Å². The third kappa shape index (κ3) is 2.63. The summed E-state index contributed by atoms with van der Waals surface area (Å²) in [7, 11) is 1.82. The maximum Gasteiger partial charge on any atom is 0.271 e. The fourth-order valence-electron chi connectivity index (χ4n) is 6.09. The van der Waals surface area contributed by atoms with Gasteiger partial charge in [-0.25, -0.2) is 0 Å². The Kier molecular flexibility index (Phi) is 3.84. The summed E-state index contributed by atoms with van der Waals surface area (Å²) in [4.78, 5) is 15.4. The topological polar surface area (TPSA) is 72.8 Å². The largest absolute Gasteiger partial charge is 0.345 e. The van der Waals surface area contributed by atoms with Gasteiger partial charge < -0.3 is 9.47 Å². The van der Waals surface area contributed by atoms with E-state index in [2.05, 4.69) is 12.1 Å². The number of rotatable bonds is 4. The van der Waals surface area contributed by atoms with Crippen molar-refractivity contribution in [3.05, 3.63) is 23.5 Å². The molecule has 5 nitrogen and oxygen atoms in total. The summed E-state index contributed by atoms with van der Waals surface area (Å²) >= 11 is 0. The highest BCUT2D eigenvalue weighted by Gasteiger charge is 2.54. The van der Waals surface area contributed by atoms with Gasteiger partial charge in [-0.1, -0.05) is 0 Å². The van der Waals surface area contributed by atoms with Crippen LogP contribution in [0.2, 0.25) is 0 Å². The van der Waals surface area contributed by atoms with Crippen LogP contribution in [0.1, 0.15) is 61.0 Å². The van der Waals surface area contributed by atoms with Crippen molar-refractivity contribution < 1.29 is 4.79 Å². The molecule has 130 valence electrons. The lowest BCUT2D eigenvalue weighted by Crippen LogP contribution is -2.61. The highest BCUT2D eigenvalue weighted by Crippen LogP contribution is 2.58. The first-order valence-electron chi connectivity index (χ1n) is 9.30. The quantitative estimate of drug-likeness (QED) is 0.847. The van der Waals surface area contributed by atoms with Crippen molar-refractivity contribution >= 4 is 5.91 Å². The molecule has 5 rings (SSSR count). The van der Waals surface area contributed by atoms with E-state index < -0.39 is 0 Å². The number of nitriles is 2. The van der Waals surface area contributed by atoms with Gasteiger partial charge in [0.15, 0.2) is 0 Å². The van der Waals surface area contributed by atoms with Crippen LogP contribution in [0.3, 0.4) is 0 Å². The van der Waals surface area contributed by atoms with Crippen LogP contribution >= 0.6 is 0 Å². The summed E-state index contributed by atoms with van der Waals surface area (Å²) in [5.74, 6) is 2.21. The van der Waals surface area contributed by atoms with E-state index in [4.69, 9.17) is 10.5 Å². The Morgan fingerprint density at radius 3 is 2.32 bits per heavy atom. The summed E-state index contributed by atoms with van der Waals surface area (Å²) in [5, 5.41) is 18.2. The zero-order chi connectivity index (χ0) is 17.6. The predicted molar refractivity (Wildman–Crippen MR) is 92.3 cm³/mol. The van der Waals surface area contributed by atoms with Crippen LogP contribution in [-0.2, 0) is 7.05 Å². The molecule has 0 aromatic carbocycles. The van der Waals surface area contributed by atoms with Crippen molar-refractivity contribution in [3.8, 4) is 12.1 Å². The predicted octanol–water partition coefficient (Wildman–Crippen LogP) is 3.22. The van der Waals surface area contributed by atoms with Crippen molar-refractivity contribution in [2.24, 2.45) is 24.8 Å². The van der Waals surface area contributed by atoms with Crippen molar-refractivity contribution in [2.75, 3.05) is 6.54 Å². The van der Waals surface area contributed by atoms with E-state index >= 15 is 0 Å². The first kappa shape index (κ1) is 16.2. The molecule has 1 aromatic heterocycles. The molecule has 0 spiro atoms. The molecule has 4 saturated carbocycles. The Bertz CT molecular complexity index is 743. The van der Waals surface area contributed by atoms with Crippen molar-refractivity contribution in [3.63, 3.8) is 0 Å². The molecule has 0 atom stereocenters. The fourth-order valence-corrected chi connectivity index (χ4v) is 6.09. The molecule has 0 radical (unpaired) electrons. The lowest BCUT2D eigenvalue weighted by atomic mass is 9.52. The normalized spacial score (nSPS) is 32.2. The van der Waals surface area contributed by atoms with E-state index in [1.54, 1.807) is 16.8 Å². The smallest absolute Gasteiger partial charge is 0.271 e. The molecule has 1 amide bonds. The maximum absolute atomic E-state index is 13.4. The van der Waals surface area contributed by atoms with Crippen LogP contribution in [0.25, 0.3) is 0 Å². The minimum absolute atomic E-state index is 0.0128. The molecule has 1 aromatic rings. The molecule has 4 bridgehead atoms. The lowest BCUT2D eigenvalue weighted by Gasteiger charge is -2.60. The van der Waals surface area contributed by atoms with Crippen molar-refractivity contribution in [2.45, 2.75) is 50.5 Å². The fraction of sp³-hybridized carbons (Fsp3) is 0.650. The Hall–Kier alpha value is -2.27. The van der Waals surface area contributed by atoms with Gasteiger partial charge in [-0.3, -0.25) is 4.79 Å². The molecule has 0 saturated heterocycles. The summed E-state index contributed by atoms with van der Waals surface area (Å²) in [6.45, 7) is 0.495. The van der Waals surface area contributed by atoms with Crippen LogP contribution < -0.4 is 0 Å². The Labute approximate surface area is 148 Å². The molecule has 5 heteroatoms. The summed E-state index contributed by atoms with van der Waals surface area (Å²) < 4.78 is 1.75. The van der Waals surface area contributed by atoms with E-state index in [9.17, 15) is 4.79 Å². The minimum Gasteiger partial charge on any atom is -0.345 e. The zero-order valence-electron chi connectivity index (χ0n) is 14.7. The van der Waals surface area contributed by atoms with Gasteiger partial charge in [-0.05, 0) is 62.3 Å².